The second kappa shape index (κ2) is 8.35. The van der Waals surface area contributed by atoms with Gasteiger partial charge in [-0.05, 0) is 43.2 Å². The number of rotatable bonds is 6. The molecule has 0 aliphatic carbocycles. The van der Waals surface area contributed by atoms with E-state index in [1.807, 2.05) is 32.0 Å². The Kier molecular flexibility index (Phi) is 5.44. The topological polar surface area (TPSA) is 104 Å². The third kappa shape index (κ3) is 4.13. The van der Waals surface area contributed by atoms with E-state index in [1.54, 1.807) is 30.3 Å². The lowest BCUT2D eigenvalue weighted by Gasteiger charge is -2.16. The number of aromatic nitrogens is 2. The number of aryl methyl sites for hydroxylation is 2. The van der Waals surface area contributed by atoms with Crippen LogP contribution in [0.15, 0.2) is 54.9 Å². The molecule has 2 aromatic carbocycles. The van der Waals surface area contributed by atoms with E-state index in [0.717, 1.165) is 21.8 Å². The molecular weight excluding hydrogens is 394 g/mol. The average molecular weight is 415 g/mol. The number of benzene rings is 2. The molecule has 1 aliphatic heterocycles. The van der Waals surface area contributed by atoms with Crippen LogP contribution in [0.1, 0.15) is 38.9 Å². The molecule has 2 heterocycles. The smallest absolute Gasteiger partial charge is 0.262 e. The van der Waals surface area contributed by atoms with E-state index in [-0.39, 0.29) is 6.54 Å². The number of nitrogens with one attached hydrogen (secondary N) is 2. The van der Waals surface area contributed by atoms with Gasteiger partial charge in [-0.3, -0.25) is 19.3 Å². The van der Waals surface area contributed by atoms with Crippen molar-refractivity contribution in [2.45, 2.75) is 20.3 Å². The molecule has 0 radical (unpaired) electrons. The van der Waals surface area contributed by atoms with E-state index in [1.165, 1.54) is 6.33 Å². The van der Waals surface area contributed by atoms with Crippen LogP contribution in [0.4, 0.5) is 17.2 Å². The van der Waals surface area contributed by atoms with Crippen LogP contribution in [0.3, 0.4) is 0 Å². The van der Waals surface area contributed by atoms with Crippen molar-refractivity contribution in [3.05, 3.63) is 77.2 Å². The van der Waals surface area contributed by atoms with Crippen molar-refractivity contribution in [2.75, 3.05) is 17.2 Å². The van der Waals surface area contributed by atoms with Crippen molar-refractivity contribution in [1.29, 1.82) is 0 Å². The average Bonchev–Trinajstić information content (AvgIpc) is 2.99. The first-order chi connectivity index (χ1) is 15.0. The van der Waals surface area contributed by atoms with Crippen LogP contribution in [0.2, 0.25) is 0 Å². The van der Waals surface area contributed by atoms with Crippen molar-refractivity contribution in [2.24, 2.45) is 0 Å². The SMILES string of the molecule is CCc1ccc(Nc2cc(C)ncn2)cc1NC(=O)CN1C(=O)c2ccccc2C1=O. The molecule has 0 bridgehead atoms. The summed E-state index contributed by atoms with van der Waals surface area (Å²) in [4.78, 5) is 46.9. The lowest BCUT2D eigenvalue weighted by atomic mass is 10.1. The van der Waals surface area contributed by atoms with Crippen LogP contribution in [-0.2, 0) is 11.2 Å². The van der Waals surface area contributed by atoms with Crippen LogP contribution in [0, 0.1) is 6.92 Å². The van der Waals surface area contributed by atoms with Gasteiger partial charge in [0.1, 0.15) is 18.7 Å². The first-order valence-electron chi connectivity index (χ1n) is 9.90. The van der Waals surface area contributed by atoms with E-state index in [2.05, 4.69) is 20.6 Å². The molecule has 3 aromatic rings. The minimum atomic E-state index is -0.457. The maximum absolute atomic E-state index is 12.7. The third-order valence-corrected chi connectivity index (χ3v) is 5.02. The number of imide groups is 1. The van der Waals surface area contributed by atoms with Crippen molar-refractivity contribution >= 4 is 34.9 Å². The van der Waals surface area contributed by atoms with Gasteiger partial charge in [0.15, 0.2) is 0 Å². The maximum atomic E-state index is 12.7. The highest BCUT2D eigenvalue weighted by Crippen LogP contribution is 2.25. The Morgan fingerprint density at radius 1 is 1.00 bits per heavy atom. The Labute approximate surface area is 179 Å². The second-order valence-electron chi connectivity index (χ2n) is 7.19. The molecular formula is C23H21N5O3. The number of carbonyl (C=O) groups excluding carboxylic acids is 3. The molecule has 0 saturated carbocycles. The van der Waals surface area contributed by atoms with Gasteiger partial charge in [0.05, 0.1) is 11.1 Å². The molecule has 0 unspecified atom stereocenters. The van der Waals surface area contributed by atoms with Gasteiger partial charge >= 0.3 is 0 Å². The number of nitrogens with zero attached hydrogens (tertiary/aromatic N) is 3. The Hall–Kier alpha value is -4.07. The minimum absolute atomic E-state index is 0.320. The normalized spacial score (nSPS) is 12.6. The highest BCUT2D eigenvalue weighted by molar-refractivity contribution is 6.22. The van der Waals surface area contributed by atoms with Crippen molar-refractivity contribution in [3.63, 3.8) is 0 Å². The molecule has 3 amide bonds. The van der Waals surface area contributed by atoms with Gasteiger partial charge in [0.2, 0.25) is 5.91 Å². The van der Waals surface area contributed by atoms with Gasteiger partial charge in [0, 0.05) is 23.1 Å². The predicted molar refractivity (Wildman–Crippen MR) is 116 cm³/mol. The highest BCUT2D eigenvalue weighted by atomic mass is 16.2. The van der Waals surface area contributed by atoms with Gasteiger partial charge < -0.3 is 10.6 Å². The van der Waals surface area contributed by atoms with Crippen LogP contribution in [0.25, 0.3) is 0 Å². The number of hydrogen-bond donors (Lipinski definition) is 2. The number of anilines is 3. The summed E-state index contributed by atoms with van der Waals surface area (Å²) in [6, 6.07) is 14.0. The van der Waals surface area contributed by atoms with E-state index in [9.17, 15) is 14.4 Å². The maximum Gasteiger partial charge on any atom is 0.262 e. The largest absolute Gasteiger partial charge is 0.340 e. The summed E-state index contributed by atoms with van der Waals surface area (Å²) in [5.74, 6) is -0.721. The third-order valence-electron chi connectivity index (χ3n) is 5.02. The van der Waals surface area contributed by atoms with Crippen LogP contribution in [0.5, 0.6) is 0 Å². The zero-order valence-electron chi connectivity index (χ0n) is 17.2. The number of hydrogen-bond acceptors (Lipinski definition) is 6. The monoisotopic (exact) mass is 415 g/mol. The lowest BCUT2D eigenvalue weighted by molar-refractivity contribution is -0.116. The van der Waals surface area contributed by atoms with E-state index < -0.39 is 17.7 Å². The molecule has 156 valence electrons. The first-order valence-corrected chi connectivity index (χ1v) is 9.90. The molecule has 0 spiro atoms. The Balaban J connectivity index is 1.50. The Morgan fingerprint density at radius 2 is 1.71 bits per heavy atom. The van der Waals surface area contributed by atoms with Gasteiger partial charge in [-0.2, -0.15) is 0 Å². The quantitative estimate of drug-likeness (QED) is 0.599. The zero-order valence-corrected chi connectivity index (χ0v) is 17.2. The summed E-state index contributed by atoms with van der Waals surface area (Å²) in [7, 11) is 0. The van der Waals surface area contributed by atoms with Gasteiger partial charge in [-0.1, -0.05) is 25.1 Å². The standard InChI is InChI=1S/C23H21N5O3/c1-3-15-8-9-16(26-20-10-14(2)24-13-25-20)11-19(15)27-21(29)12-28-22(30)17-6-4-5-7-18(17)23(28)31/h4-11,13H,3,12H2,1-2H3,(H,27,29)(H,24,25,26). The summed E-state index contributed by atoms with van der Waals surface area (Å²) in [5.41, 5.74) is 3.75. The van der Waals surface area contributed by atoms with Crippen LogP contribution in [-0.4, -0.2) is 39.1 Å². The van der Waals surface area contributed by atoms with Gasteiger partial charge in [-0.15, -0.1) is 0 Å². The fourth-order valence-electron chi connectivity index (χ4n) is 3.47. The number of amides is 3. The molecule has 0 atom stereocenters. The van der Waals surface area contributed by atoms with Gasteiger partial charge in [0.25, 0.3) is 11.8 Å². The highest BCUT2D eigenvalue weighted by Gasteiger charge is 2.36. The van der Waals surface area contributed by atoms with Crippen LogP contribution >= 0.6 is 0 Å². The molecule has 2 N–H and O–H groups in total. The fourth-order valence-corrected chi connectivity index (χ4v) is 3.47. The number of fused-ring (bicyclic) bond motifs is 1. The van der Waals surface area contributed by atoms with Gasteiger partial charge in [-0.25, -0.2) is 9.97 Å². The van der Waals surface area contributed by atoms with Crippen molar-refractivity contribution in [3.8, 4) is 0 Å². The van der Waals surface area contributed by atoms with E-state index in [0.29, 0.717) is 29.1 Å². The second-order valence-corrected chi connectivity index (χ2v) is 7.19. The molecule has 8 heteroatoms. The summed E-state index contributed by atoms with van der Waals surface area (Å²) in [5, 5.41) is 6.02. The summed E-state index contributed by atoms with van der Waals surface area (Å²) in [6.07, 6.45) is 2.18. The Morgan fingerprint density at radius 3 is 2.35 bits per heavy atom. The molecule has 4 rings (SSSR count). The molecule has 0 saturated heterocycles. The molecule has 0 fully saturated rings. The van der Waals surface area contributed by atoms with Crippen LogP contribution < -0.4 is 10.6 Å². The molecule has 31 heavy (non-hydrogen) atoms. The first kappa shape index (κ1) is 20.2. The summed E-state index contributed by atoms with van der Waals surface area (Å²) >= 11 is 0. The zero-order chi connectivity index (χ0) is 22.0. The molecule has 8 nitrogen and oxygen atoms in total. The summed E-state index contributed by atoms with van der Waals surface area (Å²) < 4.78 is 0. The van der Waals surface area contributed by atoms with E-state index in [4.69, 9.17) is 0 Å². The molecule has 1 aromatic heterocycles. The van der Waals surface area contributed by atoms with E-state index >= 15 is 0 Å². The number of carbonyl (C=O) groups is 3. The Bertz CT molecular complexity index is 1160. The predicted octanol–water partition coefficient (Wildman–Crippen LogP) is 3.33. The lowest BCUT2D eigenvalue weighted by Crippen LogP contribution is -2.37. The minimum Gasteiger partial charge on any atom is -0.340 e. The van der Waals surface area contributed by atoms with Crippen molar-refractivity contribution < 1.29 is 14.4 Å². The molecule has 1 aliphatic rings. The van der Waals surface area contributed by atoms with Crippen molar-refractivity contribution in [1.82, 2.24) is 14.9 Å². The summed E-state index contributed by atoms with van der Waals surface area (Å²) in [6.45, 7) is 3.51. The fraction of sp³-hybridized carbons (Fsp3) is 0.174.